The molecule has 3 nitrogen and oxygen atoms in total. The molecular formula is C9H6F3N3. The lowest BCUT2D eigenvalue weighted by Gasteiger charge is -2.06. The lowest BCUT2D eigenvalue weighted by atomic mass is 10.3. The molecule has 15 heavy (non-hydrogen) atoms. The first-order chi connectivity index (χ1) is 7.07. The predicted octanol–water partition coefficient (Wildman–Crippen LogP) is 2.29. The standard InChI is InChI=1S/C9H6F3N3/c10-9(11,12)7-2-3-8(13-6-7)15-5-1-4-14-15/h1-6H. The molecule has 78 valence electrons. The highest BCUT2D eigenvalue weighted by atomic mass is 19.4. The number of pyridine rings is 1. The summed E-state index contributed by atoms with van der Waals surface area (Å²) in [5.74, 6) is 0.355. The Kier molecular flexibility index (Phi) is 2.18. The van der Waals surface area contributed by atoms with Crippen LogP contribution in [0, 0.1) is 0 Å². The minimum atomic E-state index is -4.35. The second-order valence-corrected chi connectivity index (χ2v) is 2.85. The van der Waals surface area contributed by atoms with Gasteiger partial charge in [0.25, 0.3) is 0 Å². The van der Waals surface area contributed by atoms with Crippen molar-refractivity contribution in [3.05, 3.63) is 42.4 Å². The molecule has 0 aliphatic heterocycles. The molecule has 2 heterocycles. The molecule has 2 rings (SSSR count). The SMILES string of the molecule is FC(F)(F)c1ccc(-n2cccn2)nc1. The summed E-state index contributed by atoms with van der Waals surface area (Å²) in [6.45, 7) is 0. The molecule has 0 N–H and O–H groups in total. The topological polar surface area (TPSA) is 30.7 Å². The molecule has 0 saturated carbocycles. The third-order valence-electron chi connectivity index (χ3n) is 1.81. The first-order valence-corrected chi connectivity index (χ1v) is 4.10. The highest BCUT2D eigenvalue weighted by Crippen LogP contribution is 2.28. The van der Waals surface area contributed by atoms with E-state index in [4.69, 9.17) is 0 Å². The molecule has 0 fully saturated rings. The lowest BCUT2D eigenvalue weighted by Crippen LogP contribution is -2.06. The lowest BCUT2D eigenvalue weighted by molar-refractivity contribution is -0.137. The monoisotopic (exact) mass is 213 g/mol. The maximum atomic E-state index is 12.2. The van der Waals surface area contributed by atoms with Gasteiger partial charge in [-0.3, -0.25) is 0 Å². The van der Waals surface area contributed by atoms with Crippen LogP contribution in [-0.2, 0) is 6.18 Å². The maximum Gasteiger partial charge on any atom is 0.417 e. The molecular weight excluding hydrogens is 207 g/mol. The second kappa shape index (κ2) is 3.38. The Bertz CT molecular complexity index is 431. The summed E-state index contributed by atoms with van der Waals surface area (Å²) in [7, 11) is 0. The summed E-state index contributed by atoms with van der Waals surface area (Å²) < 4.78 is 38.0. The number of nitrogens with zero attached hydrogens (tertiary/aromatic N) is 3. The van der Waals surface area contributed by atoms with Crippen LogP contribution in [0.25, 0.3) is 5.82 Å². The van der Waals surface area contributed by atoms with Gasteiger partial charge in [-0.25, -0.2) is 9.67 Å². The highest BCUT2D eigenvalue weighted by Gasteiger charge is 2.30. The van der Waals surface area contributed by atoms with Crippen molar-refractivity contribution in [3.8, 4) is 5.82 Å². The molecule has 0 saturated heterocycles. The molecule has 2 aromatic heterocycles. The van der Waals surface area contributed by atoms with Gasteiger partial charge < -0.3 is 0 Å². The van der Waals surface area contributed by atoms with E-state index >= 15 is 0 Å². The number of aromatic nitrogens is 3. The van der Waals surface area contributed by atoms with Gasteiger partial charge >= 0.3 is 6.18 Å². The summed E-state index contributed by atoms with van der Waals surface area (Å²) in [4.78, 5) is 3.67. The Labute approximate surface area is 83.2 Å². The normalized spacial score (nSPS) is 11.7. The minimum absolute atomic E-state index is 0.355. The number of rotatable bonds is 1. The maximum absolute atomic E-state index is 12.2. The summed E-state index contributed by atoms with van der Waals surface area (Å²) in [6, 6.07) is 3.92. The summed E-state index contributed by atoms with van der Waals surface area (Å²) >= 11 is 0. The van der Waals surface area contributed by atoms with Crippen LogP contribution in [0.1, 0.15) is 5.56 Å². The van der Waals surface area contributed by atoms with Gasteiger partial charge in [0.1, 0.15) is 0 Å². The third-order valence-corrected chi connectivity index (χ3v) is 1.81. The van der Waals surface area contributed by atoms with Crippen LogP contribution >= 0.6 is 0 Å². The number of halogens is 3. The van der Waals surface area contributed by atoms with Crippen LogP contribution in [0.2, 0.25) is 0 Å². The zero-order chi connectivity index (χ0) is 10.9. The fraction of sp³-hybridized carbons (Fsp3) is 0.111. The summed E-state index contributed by atoms with van der Waals surface area (Å²) in [5.41, 5.74) is -0.765. The van der Waals surface area contributed by atoms with Crippen LogP contribution in [0.15, 0.2) is 36.8 Å². The molecule has 0 amide bonds. The van der Waals surface area contributed by atoms with E-state index in [1.807, 2.05) is 0 Å². The Morgan fingerprint density at radius 1 is 1.20 bits per heavy atom. The first-order valence-electron chi connectivity index (χ1n) is 4.10. The van der Waals surface area contributed by atoms with Crippen LogP contribution in [0.4, 0.5) is 13.2 Å². The molecule has 0 aromatic carbocycles. The van der Waals surface area contributed by atoms with Crippen molar-refractivity contribution in [1.82, 2.24) is 14.8 Å². The highest BCUT2D eigenvalue weighted by molar-refractivity contribution is 5.25. The van der Waals surface area contributed by atoms with Gasteiger partial charge in [-0.05, 0) is 18.2 Å². The van der Waals surface area contributed by atoms with Crippen molar-refractivity contribution in [3.63, 3.8) is 0 Å². The fourth-order valence-corrected chi connectivity index (χ4v) is 1.09. The van der Waals surface area contributed by atoms with Gasteiger partial charge in [0.2, 0.25) is 0 Å². The number of hydrogen-bond donors (Lipinski definition) is 0. The van der Waals surface area contributed by atoms with Crippen LogP contribution in [0.3, 0.4) is 0 Å². The predicted molar refractivity (Wildman–Crippen MR) is 46.4 cm³/mol. The average Bonchev–Trinajstić information content (AvgIpc) is 2.69. The van der Waals surface area contributed by atoms with Crippen molar-refractivity contribution in [2.75, 3.05) is 0 Å². The quantitative estimate of drug-likeness (QED) is 0.727. The van der Waals surface area contributed by atoms with E-state index in [1.54, 1.807) is 12.3 Å². The molecule has 0 bridgehead atoms. The van der Waals surface area contributed by atoms with Crippen molar-refractivity contribution < 1.29 is 13.2 Å². The van der Waals surface area contributed by atoms with Gasteiger partial charge in [-0.1, -0.05) is 0 Å². The Morgan fingerprint density at radius 2 is 2.00 bits per heavy atom. The Morgan fingerprint density at radius 3 is 2.47 bits per heavy atom. The largest absolute Gasteiger partial charge is 0.417 e. The van der Waals surface area contributed by atoms with E-state index in [0.717, 1.165) is 12.3 Å². The van der Waals surface area contributed by atoms with Crippen molar-refractivity contribution >= 4 is 0 Å². The van der Waals surface area contributed by atoms with E-state index in [9.17, 15) is 13.2 Å². The minimum Gasteiger partial charge on any atom is -0.237 e. The van der Waals surface area contributed by atoms with Crippen LogP contribution in [-0.4, -0.2) is 14.8 Å². The fourth-order valence-electron chi connectivity index (χ4n) is 1.09. The molecule has 0 aliphatic carbocycles. The van der Waals surface area contributed by atoms with Gasteiger partial charge in [-0.15, -0.1) is 0 Å². The molecule has 0 spiro atoms. The Hall–Kier alpha value is -1.85. The second-order valence-electron chi connectivity index (χ2n) is 2.85. The van der Waals surface area contributed by atoms with Crippen molar-refractivity contribution in [2.24, 2.45) is 0 Å². The molecule has 0 radical (unpaired) electrons. The van der Waals surface area contributed by atoms with Crippen LogP contribution < -0.4 is 0 Å². The van der Waals surface area contributed by atoms with Gasteiger partial charge in [0.05, 0.1) is 5.56 Å². The number of alkyl halides is 3. The zero-order valence-electron chi connectivity index (χ0n) is 7.44. The number of hydrogen-bond acceptors (Lipinski definition) is 2. The molecule has 0 unspecified atom stereocenters. The third kappa shape index (κ3) is 1.98. The zero-order valence-corrected chi connectivity index (χ0v) is 7.44. The molecule has 0 aliphatic rings. The van der Waals surface area contributed by atoms with E-state index in [-0.39, 0.29) is 0 Å². The van der Waals surface area contributed by atoms with Gasteiger partial charge in [-0.2, -0.15) is 18.3 Å². The van der Waals surface area contributed by atoms with Gasteiger partial charge in [0, 0.05) is 18.6 Å². The van der Waals surface area contributed by atoms with E-state index in [2.05, 4.69) is 10.1 Å². The molecule has 2 aromatic rings. The average molecular weight is 213 g/mol. The molecule has 6 heteroatoms. The van der Waals surface area contributed by atoms with Crippen molar-refractivity contribution in [1.29, 1.82) is 0 Å². The molecule has 0 atom stereocenters. The Balaban J connectivity index is 2.33. The summed E-state index contributed by atoms with van der Waals surface area (Å²) in [6.07, 6.45) is -0.429. The van der Waals surface area contributed by atoms with E-state index in [1.165, 1.54) is 16.9 Å². The first kappa shape index (κ1) is 9.70. The van der Waals surface area contributed by atoms with E-state index < -0.39 is 11.7 Å². The van der Waals surface area contributed by atoms with E-state index in [0.29, 0.717) is 5.82 Å². The van der Waals surface area contributed by atoms with Crippen molar-refractivity contribution in [2.45, 2.75) is 6.18 Å². The smallest absolute Gasteiger partial charge is 0.237 e. The van der Waals surface area contributed by atoms with Crippen LogP contribution in [0.5, 0.6) is 0 Å². The van der Waals surface area contributed by atoms with Gasteiger partial charge in [0.15, 0.2) is 5.82 Å². The summed E-state index contributed by atoms with van der Waals surface area (Å²) in [5, 5.41) is 3.85.